The van der Waals surface area contributed by atoms with E-state index in [-0.39, 0.29) is 12.4 Å². The van der Waals surface area contributed by atoms with E-state index in [9.17, 15) is 9.59 Å². The van der Waals surface area contributed by atoms with E-state index in [0.29, 0.717) is 28.0 Å². The number of ether oxygens (including phenoxy) is 2. The van der Waals surface area contributed by atoms with Crippen molar-refractivity contribution in [2.24, 2.45) is 0 Å². The van der Waals surface area contributed by atoms with Crippen LogP contribution < -0.4 is 20.7 Å². The van der Waals surface area contributed by atoms with E-state index in [1.807, 2.05) is 42.5 Å². The van der Waals surface area contributed by atoms with Gasteiger partial charge in [0.05, 0.1) is 31.7 Å². The SMILES string of the molecule is COc1ccc(-c2noc(-c3ccc4c(=O)n(Cc5ccccc5OC)c(=O)[nH]c4c3)n2)cc1. The Bertz CT molecular complexity index is 1600. The molecule has 0 unspecified atom stereocenters. The number of hydrogen-bond donors (Lipinski definition) is 1. The van der Waals surface area contributed by atoms with E-state index in [2.05, 4.69) is 15.1 Å². The lowest BCUT2D eigenvalue weighted by atomic mass is 10.1. The van der Waals surface area contributed by atoms with Gasteiger partial charge in [-0.2, -0.15) is 4.98 Å². The molecule has 9 nitrogen and oxygen atoms in total. The number of hydrogen-bond acceptors (Lipinski definition) is 7. The number of nitrogens with one attached hydrogen (secondary N) is 1. The quantitative estimate of drug-likeness (QED) is 0.416. The normalized spacial score (nSPS) is 11.0. The highest BCUT2D eigenvalue weighted by Crippen LogP contribution is 2.25. The van der Waals surface area contributed by atoms with Crippen molar-refractivity contribution < 1.29 is 14.0 Å². The van der Waals surface area contributed by atoms with Gasteiger partial charge in [0.15, 0.2) is 0 Å². The fraction of sp³-hybridized carbons (Fsp3) is 0.120. The predicted molar refractivity (Wildman–Crippen MR) is 126 cm³/mol. The van der Waals surface area contributed by atoms with Crippen molar-refractivity contribution >= 4 is 10.9 Å². The Morgan fingerprint density at radius 1 is 0.941 bits per heavy atom. The summed E-state index contributed by atoms with van der Waals surface area (Å²) in [4.78, 5) is 33.1. The molecule has 5 aromatic rings. The highest BCUT2D eigenvalue weighted by atomic mass is 16.5. The van der Waals surface area contributed by atoms with Gasteiger partial charge in [0.2, 0.25) is 5.82 Å². The average molecular weight is 456 g/mol. The summed E-state index contributed by atoms with van der Waals surface area (Å²) < 4.78 is 17.1. The third kappa shape index (κ3) is 3.83. The van der Waals surface area contributed by atoms with Crippen molar-refractivity contribution in [3.05, 3.63) is 93.1 Å². The van der Waals surface area contributed by atoms with E-state index in [0.717, 1.165) is 21.4 Å². The molecule has 0 aliphatic heterocycles. The summed E-state index contributed by atoms with van der Waals surface area (Å²) in [6, 6.07) is 19.5. The van der Waals surface area contributed by atoms with Gasteiger partial charge in [-0.3, -0.25) is 9.36 Å². The molecule has 3 aromatic carbocycles. The smallest absolute Gasteiger partial charge is 0.329 e. The summed E-state index contributed by atoms with van der Waals surface area (Å²) in [5.41, 5.74) is 1.53. The van der Waals surface area contributed by atoms with E-state index >= 15 is 0 Å². The first-order valence-electron chi connectivity index (χ1n) is 10.4. The lowest BCUT2D eigenvalue weighted by Crippen LogP contribution is -2.35. The number of nitrogens with zero attached hydrogens (tertiary/aromatic N) is 3. The maximum absolute atomic E-state index is 13.1. The largest absolute Gasteiger partial charge is 0.497 e. The van der Waals surface area contributed by atoms with Gasteiger partial charge in [-0.05, 0) is 48.5 Å². The van der Waals surface area contributed by atoms with Gasteiger partial charge in [0, 0.05) is 16.7 Å². The first kappa shape index (κ1) is 21.2. The molecule has 0 saturated carbocycles. The summed E-state index contributed by atoms with van der Waals surface area (Å²) in [7, 11) is 3.14. The van der Waals surface area contributed by atoms with Crippen LogP contribution in [0.4, 0.5) is 0 Å². The highest BCUT2D eigenvalue weighted by molar-refractivity contribution is 5.82. The maximum atomic E-state index is 13.1. The summed E-state index contributed by atoms with van der Waals surface area (Å²) in [5.74, 6) is 2.01. The van der Waals surface area contributed by atoms with Crippen LogP contribution in [0.2, 0.25) is 0 Å². The second-order valence-corrected chi connectivity index (χ2v) is 7.55. The number of benzene rings is 3. The molecule has 1 N–H and O–H groups in total. The zero-order valence-corrected chi connectivity index (χ0v) is 18.4. The van der Waals surface area contributed by atoms with Crippen molar-refractivity contribution in [1.82, 2.24) is 19.7 Å². The van der Waals surface area contributed by atoms with Gasteiger partial charge in [-0.1, -0.05) is 23.4 Å². The molecule has 2 aromatic heterocycles. The number of fused-ring (bicyclic) bond motifs is 1. The molecule has 170 valence electrons. The molecule has 0 amide bonds. The van der Waals surface area contributed by atoms with Crippen LogP contribution in [-0.4, -0.2) is 33.9 Å². The van der Waals surface area contributed by atoms with Crippen LogP contribution in [0.25, 0.3) is 33.7 Å². The van der Waals surface area contributed by atoms with Crippen LogP contribution in [-0.2, 0) is 6.54 Å². The number of aromatic nitrogens is 4. The molecule has 0 saturated heterocycles. The van der Waals surface area contributed by atoms with Crippen LogP contribution in [0.5, 0.6) is 11.5 Å². The van der Waals surface area contributed by atoms with Gasteiger partial charge in [-0.15, -0.1) is 0 Å². The number of aromatic amines is 1. The Morgan fingerprint density at radius 2 is 1.71 bits per heavy atom. The summed E-state index contributed by atoms with van der Waals surface area (Å²) in [6.07, 6.45) is 0. The molecular weight excluding hydrogens is 436 g/mol. The number of rotatable bonds is 6. The summed E-state index contributed by atoms with van der Waals surface area (Å²) in [6.45, 7) is 0.0880. The first-order chi connectivity index (χ1) is 16.6. The Labute approximate surface area is 193 Å². The van der Waals surface area contributed by atoms with Crippen molar-refractivity contribution in [3.63, 3.8) is 0 Å². The van der Waals surface area contributed by atoms with Gasteiger partial charge in [0.1, 0.15) is 11.5 Å². The molecule has 2 heterocycles. The topological polar surface area (TPSA) is 112 Å². The zero-order valence-electron chi connectivity index (χ0n) is 18.4. The molecule has 9 heteroatoms. The van der Waals surface area contributed by atoms with Crippen LogP contribution in [0.1, 0.15) is 5.56 Å². The average Bonchev–Trinajstić information content (AvgIpc) is 3.37. The van der Waals surface area contributed by atoms with Crippen molar-refractivity contribution in [3.8, 4) is 34.3 Å². The van der Waals surface area contributed by atoms with E-state index in [4.69, 9.17) is 14.0 Å². The first-order valence-corrected chi connectivity index (χ1v) is 10.4. The van der Waals surface area contributed by atoms with Gasteiger partial charge >= 0.3 is 5.69 Å². The molecular formula is C25H20N4O5. The molecule has 5 rings (SSSR count). The van der Waals surface area contributed by atoms with Gasteiger partial charge < -0.3 is 19.0 Å². The third-order valence-electron chi connectivity index (χ3n) is 5.52. The Kier molecular flexibility index (Phi) is 5.43. The number of para-hydroxylation sites is 1. The fourth-order valence-corrected chi connectivity index (χ4v) is 3.73. The standard InChI is InChI=1S/C25H20N4O5/c1-32-18-10-7-15(8-11-18)22-27-23(34-28-22)16-9-12-19-20(13-16)26-25(31)29(24(19)30)14-17-5-3-4-6-21(17)33-2/h3-13H,14H2,1-2H3,(H,26,31). The maximum Gasteiger partial charge on any atom is 0.329 e. The monoisotopic (exact) mass is 456 g/mol. The van der Waals surface area contributed by atoms with Crippen molar-refractivity contribution in [2.45, 2.75) is 6.54 Å². The zero-order chi connectivity index (χ0) is 23.7. The third-order valence-corrected chi connectivity index (χ3v) is 5.52. The van der Waals surface area contributed by atoms with Crippen molar-refractivity contribution in [1.29, 1.82) is 0 Å². The number of H-pyrrole nitrogens is 1. The van der Waals surface area contributed by atoms with E-state index in [1.54, 1.807) is 38.5 Å². The molecule has 0 fully saturated rings. The molecule has 0 aliphatic carbocycles. The van der Waals surface area contributed by atoms with Crippen molar-refractivity contribution in [2.75, 3.05) is 14.2 Å². The molecule has 34 heavy (non-hydrogen) atoms. The lowest BCUT2D eigenvalue weighted by molar-refractivity contribution is 0.408. The number of methoxy groups -OCH3 is 2. The Hall–Kier alpha value is -4.66. The minimum Gasteiger partial charge on any atom is -0.497 e. The highest BCUT2D eigenvalue weighted by Gasteiger charge is 2.15. The second-order valence-electron chi connectivity index (χ2n) is 7.55. The predicted octanol–water partition coefficient (Wildman–Crippen LogP) is 3.47. The van der Waals surface area contributed by atoms with Crippen LogP contribution in [0.15, 0.2) is 80.8 Å². The minimum atomic E-state index is -0.523. The van der Waals surface area contributed by atoms with Gasteiger partial charge in [0.25, 0.3) is 11.4 Å². The lowest BCUT2D eigenvalue weighted by Gasteiger charge is -2.10. The van der Waals surface area contributed by atoms with Crippen LogP contribution in [0.3, 0.4) is 0 Å². The molecule has 0 radical (unpaired) electrons. The Balaban J connectivity index is 1.50. The molecule has 0 bridgehead atoms. The molecule has 0 aliphatic rings. The summed E-state index contributed by atoms with van der Waals surface area (Å²) in [5, 5.41) is 4.40. The second kappa shape index (κ2) is 8.70. The molecule has 0 spiro atoms. The van der Waals surface area contributed by atoms with Crippen LogP contribution in [0, 0.1) is 0 Å². The fourth-order valence-electron chi connectivity index (χ4n) is 3.73. The van der Waals surface area contributed by atoms with E-state index < -0.39 is 11.2 Å². The van der Waals surface area contributed by atoms with Gasteiger partial charge in [-0.25, -0.2) is 4.79 Å². The Morgan fingerprint density at radius 3 is 2.47 bits per heavy atom. The van der Waals surface area contributed by atoms with Crippen LogP contribution >= 0.6 is 0 Å². The summed E-state index contributed by atoms with van der Waals surface area (Å²) >= 11 is 0. The van der Waals surface area contributed by atoms with E-state index in [1.165, 1.54) is 0 Å². The minimum absolute atomic E-state index is 0.0880. The molecule has 0 atom stereocenters.